The number of nitrogens with zero attached hydrogens (tertiary/aromatic N) is 5. The number of hydrogen-bond donors (Lipinski definition) is 2. The Morgan fingerprint density at radius 3 is 2.78 bits per heavy atom. The van der Waals surface area contributed by atoms with Gasteiger partial charge in [0.1, 0.15) is 5.82 Å². The molecule has 0 fully saturated rings. The molecule has 0 unspecified atom stereocenters. The second-order valence-corrected chi connectivity index (χ2v) is 6.25. The van der Waals surface area contributed by atoms with E-state index in [9.17, 15) is 0 Å². The number of nitrogen functional groups attached to an aromatic ring is 1. The number of hydrogen-bond acceptors (Lipinski definition) is 5. The van der Waals surface area contributed by atoms with E-state index in [2.05, 4.69) is 38.4 Å². The molecule has 0 saturated carbocycles. The van der Waals surface area contributed by atoms with Gasteiger partial charge in [-0.3, -0.25) is 4.68 Å². The number of halogens is 1. The third-order valence-corrected chi connectivity index (χ3v) is 4.54. The molecular weight excluding hydrogens is 358 g/mol. The van der Waals surface area contributed by atoms with Gasteiger partial charge in [-0.2, -0.15) is 14.7 Å². The highest BCUT2D eigenvalue weighted by Crippen LogP contribution is 2.29. The first-order chi connectivity index (χ1) is 11.1. The van der Waals surface area contributed by atoms with Crippen molar-refractivity contribution in [3.8, 4) is 11.1 Å². The number of aromatic nitrogens is 5. The van der Waals surface area contributed by atoms with E-state index in [1.54, 1.807) is 21.6 Å². The summed E-state index contributed by atoms with van der Waals surface area (Å²) in [7, 11) is 1.89. The van der Waals surface area contributed by atoms with Crippen LogP contribution in [0.15, 0.2) is 23.1 Å². The fourth-order valence-corrected chi connectivity index (χ4v) is 2.94. The first kappa shape index (κ1) is 15.9. The molecule has 3 N–H and O–H groups in total. The fourth-order valence-electron chi connectivity index (χ4n) is 2.48. The maximum absolute atomic E-state index is 6.22. The van der Waals surface area contributed by atoms with Crippen LogP contribution < -0.4 is 11.1 Å². The van der Waals surface area contributed by atoms with Crippen molar-refractivity contribution in [2.45, 2.75) is 19.8 Å². The maximum atomic E-state index is 6.22. The minimum atomic E-state index is 0.565. The minimum absolute atomic E-state index is 0.565. The van der Waals surface area contributed by atoms with Gasteiger partial charge in [0.05, 0.1) is 22.6 Å². The summed E-state index contributed by atoms with van der Waals surface area (Å²) in [6.07, 6.45) is 7.45. The molecule has 0 spiro atoms. The van der Waals surface area contributed by atoms with Gasteiger partial charge in [-0.15, -0.1) is 0 Å². The molecule has 0 saturated heterocycles. The summed E-state index contributed by atoms with van der Waals surface area (Å²) in [6.45, 7) is 4.02. The van der Waals surface area contributed by atoms with Crippen LogP contribution in [0.4, 0.5) is 5.82 Å². The molecule has 7 nitrogen and oxygen atoms in total. The van der Waals surface area contributed by atoms with E-state index >= 15 is 0 Å². The van der Waals surface area contributed by atoms with Crippen molar-refractivity contribution in [2.75, 3.05) is 18.8 Å². The first-order valence-electron chi connectivity index (χ1n) is 7.63. The zero-order chi connectivity index (χ0) is 16.4. The molecule has 0 atom stereocenters. The van der Waals surface area contributed by atoms with E-state index in [-0.39, 0.29) is 0 Å². The van der Waals surface area contributed by atoms with Crippen LogP contribution in [-0.2, 0) is 13.5 Å². The molecule has 3 heterocycles. The largest absolute Gasteiger partial charge is 0.383 e. The third-order valence-electron chi connectivity index (χ3n) is 3.67. The van der Waals surface area contributed by atoms with Crippen molar-refractivity contribution in [3.63, 3.8) is 0 Å². The van der Waals surface area contributed by atoms with Crippen LogP contribution in [-0.4, -0.2) is 37.5 Å². The lowest BCUT2D eigenvalue weighted by molar-refractivity contribution is 0.664. The zero-order valence-electron chi connectivity index (χ0n) is 13.3. The van der Waals surface area contributed by atoms with Gasteiger partial charge in [0, 0.05) is 37.3 Å². The van der Waals surface area contributed by atoms with Crippen LogP contribution in [0, 0.1) is 0 Å². The predicted molar refractivity (Wildman–Crippen MR) is 94.2 cm³/mol. The average Bonchev–Trinajstić information content (AvgIpc) is 3.14. The number of nitrogens with one attached hydrogen (secondary N) is 1. The Balaban J connectivity index is 2.00. The molecule has 3 aromatic rings. The Kier molecular flexibility index (Phi) is 4.63. The van der Waals surface area contributed by atoms with Gasteiger partial charge in [0.15, 0.2) is 5.65 Å². The maximum Gasteiger partial charge on any atom is 0.165 e. The zero-order valence-corrected chi connectivity index (χ0v) is 14.8. The summed E-state index contributed by atoms with van der Waals surface area (Å²) in [5.41, 5.74) is 9.82. The van der Waals surface area contributed by atoms with Gasteiger partial charge >= 0.3 is 0 Å². The van der Waals surface area contributed by atoms with Crippen molar-refractivity contribution in [1.29, 1.82) is 0 Å². The van der Waals surface area contributed by atoms with Gasteiger partial charge < -0.3 is 11.1 Å². The molecular formula is C15H20BrN7. The number of anilines is 1. The monoisotopic (exact) mass is 377 g/mol. The van der Waals surface area contributed by atoms with E-state index in [0.717, 1.165) is 52.9 Å². The fraction of sp³-hybridized carbons (Fsp3) is 0.400. The molecule has 0 aliphatic carbocycles. The van der Waals surface area contributed by atoms with E-state index in [1.165, 1.54) is 0 Å². The minimum Gasteiger partial charge on any atom is -0.383 e. The lowest BCUT2D eigenvalue weighted by Gasteiger charge is -2.09. The molecule has 3 rings (SSSR count). The van der Waals surface area contributed by atoms with E-state index in [4.69, 9.17) is 10.7 Å². The van der Waals surface area contributed by atoms with Crippen LogP contribution in [0.1, 0.15) is 19.0 Å². The molecule has 3 aromatic heterocycles. The first-order valence-corrected chi connectivity index (χ1v) is 8.42. The molecule has 0 bridgehead atoms. The van der Waals surface area contributed by atoms with Crippen LogP contribution in [0.2, 0.25) is 0 Å². The molecule has 0 aliphatic rings. The Labute approximate surface area is 143 Å². The Morgan fingerprint density at radius 1 is 1.26 bits per heavy atom. The van der Waals surface area contributed by atoms with E-state index in [1.807, 2.05) is 13.2 Å². The Bertz CT molecular complexity index is 821. The van der Waals surface area contributed by atoms with Crippen LogP contribution in [0.25, 0.3) is 16.8 Å². The number of aryl methyl sites for hydroxylation is 1. The van der Waals surface area contributed by atoms with Crippen LogP contribution in [0.5, 0.6) is 0 Å². The second-order valence-electron chi connectivity index (χ2n) is 5.45. The second kappa shape index (κ2) is 6.67. The lowest BCUT2D eigenvalue weighted by atomic mass is 10.2. The van der Waals surface area contributed by atoms with Gasteiger partial charge in [0.25, 0.3) is 0 Å². The highest BCUT2D eigenvalue weighted by atomic mass is 79.9. The molecule has 122 valence electrons. The smallest absolute Gasteiger partial charge is 0.165 e. The highest BCUT2D eigenvalue weighted by molar-refractivity contribution is 9.10. The molecule has 0 aliphatic heterocycles. The van der Waals surface area contributed by atoms with Crippen LogP contribution >= 0.6 is 15.9 Å². The van der Waals surface area contributed by atoms with Crippen LogP contribution in [0.3, 0.4) is 0 Å². The summed E-state index contributed by atoms with van der Waals surface area (Å²) >= 11 is 3.55. The van der Waals surface area contributed by atoms with Crippen molar-refractivity contribution in [3.05, 3.63) is 28.8 Å². The number of fused-ring (bicyclic) bond motifs is 1. The molecule has 23 heavy (non-hydrogen) atoms. The third kappa shape index (κ3) is 3.09. The standard InChI is InChI=1S/C15H20BrN7/c1-3-5-18-6-4-12-13(16)14(17)23-15(21-12)11(8-20-23)10-7-19-22(2)9-10/h7-9,18H,3-6,17H2,1-2H3. The van der Waals surface area contributed by atoms with E-state index in [0.29, 0.717) is 5.82 Å². The van der Waals surface area contributed by atoms with Gasteiger partial charge in [0.2, 0.25) is 0 Å². The van der Waals surface area contributed by atoms with Gasteiger partial charge in [-0.05, 0) is 28.9 Å². The molecule has 0 radical (unpaired) electrons. The lowest BCUT2D eigenvalue weighted by Crippen LogP contribution is -2.19. The predicted octanol–water partition coefficient (Wildman–Crippen LogP) is 2.02. The molecule has 0 aromatic carbocycles. The van der Waals surface area contributed by atoms with E-state index < -0.39 is 0 Å². The summed E-state index contributed by atoms with van der Waals surface area (Å²) in [4.78, 5) is 4.78. The summed E-state index contributed by atoms with van der Waals surface area (Å²) in [6, 6.07) is 0. The number of rotatable bonds is 6. The average molecular weight is 378 g/mol. The Morgan fingerprint density at radius 2 is 2.09 bits per heavy atom. The quantitative estimate of drug-likeness (QED) is 0.641. The van der Waals surface area contributed by atoms with Crippen molar-refractivity contribution >= 4 is 27.4 Å². The van der Waals surface area contributed by atoms with Gasteiger partial charge in [-0.25, -0.2) is 4.98 Å². The number of nitrogens with two attached hydrogens (primary N) is 1. The normalized spacial score (nSPS) is 11.4. The summed E-state index contributed by atoms with van der Waals surface area (Å²) in [5.74, 6) is 0.565. The summed E-state index contributed by atoms with van der Waals surface area (Å²) in [5, 5.41) is 12.0. The van der Waals surface area contributed by atoms with Crippen molar-refractivity contribution in [2.24, 2.45) is 7.05 Å². The SMILES string of the molecule is CCCNCCc1nc2c(-c3cnn(C)c3)cnn2c(N)c1Br. The Hall–Kier alpha value is -1.93. The van der Waals surface area contributed by atoms with Crippen molar-refractivity contribution in [1.82, 2.24) is 29.7 Å². The van der Waals surface area contributed by atoms with Gasteiger partial charge in [-0.1, -0.05) is 6.92 Å². The molecule has 0 amide bonds. The molecule has 8 heteroatoms. The highest BCUT2D eigenvalue weighted by Gasteiger charge is 2.16. The topological polar surface area (TPSA) is 86.1 Å². The summed E-state index contributed by atoms with van der Waals surface area (Å²) < 4.78 is 4.23. The van der Waals surface area contributed by atoms with Crippen molar-refractivity contribution < 1.29 is 0 Å².